The van der Waals surface area contributed by atoms with Crippen molar-refractivity contribution in [1.29, 1.82) is 0 Å². The van der Waals surface area contributed by atoms with E-state index in [2.05, 4.69) is 0 Å². The van der Waals surface area contributed by atoms with Gasteiger partial charge in [0.1, 0.15) is 6.10 Å². The molecule has 0 spiro atoms. The average molecular weight is 289 g/mol. The quantitative estimate of drug-likeness (QED) is 0.782. The molecule has 1 aliphatic rings. The number of hydrogen-bond acceptors (Lipinski definition) is 3. The van der Waals surface area contributed by atoms with Crippen molar-refractivity contribution in [3.8, 4) is 0 Å². The van der Waals surface area contributed by atoms with Crippen LogP contribution < -0.4 is 0 Å². The Morgan fingerprint density at radius 3 is 2.71 bits per heavy atom. The van der Waals surface area contributed by atoms with Crippen molar-refractivity contribution in [1.82, 2.24) is 4.90 Å². The number of likely N-dealkylation sites (tertiary alicyclic amines) is 1. The molecule has 2 atom stereocenters. The van der Waals surface area contributed by atoms with E-state index >= 15 is 0 Å². The molecule has 4 heteroatoms. The Morgan fingerprint density at radius 1 is 1.38 bits per heavy atom. The highest BCUT2D eigenvalue weighted by molar-refractivity contribution is 5.84. The zero-order valence-electron chi connectivity index (χ0n) is 12.7. The number of esters is 1. The van der Waals surface area contributed by atoms with Gasteiger partial charge in [0.15, 0.2) is 0 Å². The van der Waals surface area contributed by atoms with Crippen LogP contribution in [0.15, 0.2) is 30.3 Å². The maximum Gasteiger partial charge on any atom is 0.309 e. The summed E-state index contributed by atoms with van der Waals surface area (Å²) in [5.74, 6) is -0.475. The second-order valence-corrected chi connectivity index (χ2v) is 5.66. The molecule has 2 rings (SSSR count). The number of amides is 1. The first kappa shape index (κ1) is 15.5. The third-order valence-electron chi connectivity index (χ3n) is 4.04. The van der Waals surface area contributed by atoms with Gasteiger partial charge in [0.2, 0.25) is 5.91 Å². The predicted molar refractivity (Wildman–Crippen MR) is 80.7 cm³/mol. The Balaban J connectivity index is 1.89. The topological polar surface area (TPSA) is 46.6 Å². The average Bonchev–Trinajstić information content (AvgIpc) is 2.50. The van der Waals surface area contributed by atoms with Crippen LogP contribution in [-0.2, 0) is 20.7 Å². The van der Waals surface area contributed by atoms with Crippen molar-refractivity contribution < 1.29 is 14.3 Å². The van der Waals surface area contributed by atoms with Crippen molar-refractivity contribution in [2.75, 3.05) is 13.6 Å². The fourth-order valence-corrected chi connectivity index (χ4v) is 2.55. The Kier molecular flexibility index (Phi) is 5.37. The van der Waals surface area contributed by atoms with Gasteiger partial charge in [0.05, 0.1) is 5.92 Å². The van der Waals surface area contributed by atoms with Gasteiger partial charge in [-0.25, -0.2) is 0 Å². The minimum absolute atomic E-state index is 0.0271. The van der Waals surface area contributed by atoms with Crippen molar-refractivity contribution in [2.45, 2.75) is 38.7 Å². The molecule has 1 aromatic rings. The van der Waals surface area contributed by atoms with Crippen molar-refractivity contribution in [2.24, 2.45) is 5.92 Å². The van der Waals surface area contributed by atoms with Gasteiger partial charge in [0, 0.05) is 26.4 Å². The molecule has 0 aliphatic carbocycles. The lowest BCUT2D eigenvalue weighted by molar-refractivity contribution is -0.158. The zero-order chi connectivity index (χ0) is 15.2. The van der Waals surface area contributed by atoms with Gasteiger partial charge < -0.3 is 9.64 Å². The van der Waals surface area contributed by atoms with E-state index in [-0.39, 0.29) is 30.3 Å². The monoisotopic (exact) mass is 289 g/mol. The normalized spacial score (nSPS) is 20.2. The standard InChI is InChI=1S/C17H23NO3/c1-3-15(11-13-7-5-4-6-8-13)21-17(20)14-9-10-18(2)16(19)12-14/h4-8,14-15H,3,9-12H2,1-2H3/t14-,15-/m0/s1. The number of nitrogens with zero attached hydrogens (tertiary/aromatic N) is 1. The molecule has 0 aromatic heterocycles. The maximum absolute atomic E-state index is 12.2. The smallest absolute Gasteiger partial charge is 0.309 e. The lowest BCUT2D eigenvalue weighted by Crippen LogP contribution is -2.39. The van der Waals surface area contributed by atoms with Gasteiger partial charge in [-0.2, -0.15) is 0 Å². The van der Waals surface area contributed by atoms with E-state index in [4.69, 9.17) is 4.74 Å². The number of carbonyl (C=O) groups excluding carboxylic acids is 2. The highest BCUT2D eigenvalue weighted by Gasteiger charge is 2.30. The fraction of sp³-hybridized carbons (Fsp3) is 0.529. The van der Waals surface area contributed by atoms with E-state index in [0.717, 1.165) is 18.4 Å². The van der Waals surface area contributed by atoms with Gasteiger partial charge in [-0.3, -0.25) is 9.59 Å². The molecule has 1 aromatic carbocycles. The SMILES string of the molecule is CC[C@@H](Cc1ccccc1)OC(=O)[C@H]1CCN(C)C(=O)C1. The largest absolute Gasteiger partial charge is 0.462 e. The molecule has 1 fully saturated rings. The first-order valence-electron chi connectivity index (χ1n) is 7.58. The molecule has 114 valence electrons. The van der Waals surface area contributed by atoms with E-state index in [9.17, 15) is 9.59 Å². The second kappa shape index (κ2) is 7.25. The molecule has 0 N–H and O–H groups in total. The molecule has 1 aliphatic heterocycles. The summed E-state index contributed by atoms with van der Waals surface area (Å²) in [5, 5.41) is 0. The first-order chi connectivity index (χ1) is 10.1. The molecule has 0 saturated carbocycles. The molecule has 0 unspecified atom stereocenters. The number of hydrogen-bond donors (Lipinski definition) is 0. The molecule has 1 amide bonds. The minimum Gasteiger partial charge on any atom is -0.462 e. The molecule has 1 saturated heterocycles. The van der Waals surface area contributed by atoms with Gasteiger partial charge in [-0.05, 0) is 18.4 Å². The van der Waals surface area contributed by atoms with E-state index in [0.29, 0.717) is 13.0 Å². The van der Waals surface area contributed by atoms with Crippen molar-refractivity contribution in [3.63, 3.8) is 0 Å². The van der Waals surface area contributed by atoms with Crippen molar-refractivity contribution >= 4 is 11.9 Å². The van der Waals surface area contributed by atoms with Crippen LogP contribution in [0.1, 0.15) is 31.7 Å². The summed E-state index contributed by atoms with van der Waals surface area (Å²) in [6, 6.07) is 10.0. The Bertz CT molecular complexity index is 486. The van der Waals surface area contributed by atoms with Gasteiger partial charge >= 0.3 is 5.97 Å². The number of ether oxygens (including phenoxy) is 1. The number of benzene rings is 1. The van der Waals surface area contributed by atoms with Gasteiger partial charge in [-0.1, -0.05) is 37.3 Å². The van der Waals surface area contributed by atoms with E-state index in [1.807, 2.05) is 37.3 Å². The summed E-state index contributed by atoms with van der Waals surface area (Å²) < 4.78 is 5.62. The summed E-state index contributed by atoms with van der Waals surface area (Å²) in [4.78, 5) is 25.6. The Labute approximate surface area is 126 Å². The lowest BCUT2D eigenvalue weighted by atomic mass is 9.96. The minimum atomic E-state index is -0.279. The van der Waals surface area contributed by atoms with Crippen LogP contribution >= 0.6 is 0 Å². The molecule has 4 nitrogen and oxygen atoms in total. The van der Waals surface area contributed by atoms with Crippen LogP contribution in [0.4, 0.5) is 0 Å². The first-order valence-corrected chi connectivity index (χ1v) is 7.58. The fourth-order valence-electron chi connectivity index (χ4n) is 2.55. The Morgan fingerprint density at radius 2 is 2.10 bits per heavy atom. The van der Waals surface area contributed by atoms with Crippen LogP contribution in [0.3, 0.4) is 0 Å². The summed E-state index contributed by atoms with van der Waals surface area (Å²) in [7, 11) is 1.77. The third kappa shape index (κ3) is 4.31. The van der Waals surface area contributed by atoms with Crippen LogP contribution in [0.25, 0.3) is 0 Å². The molecule has 0 bridgehead atoms. The number of piperidine rings is 1. The van der Waals surface area contributed by atoms with Gasteiger partial charge in [-0.15, -0.1) is 0 Å². The molecule has 21 heavy (non-hydrogen) atoms. The summed E-state index contributed by atoms with van der Waals surface area (Å²) >= 11 is 0. The molecule has 1 heterocycles. The number of carbonyl (C=O) groups is 2. The van der Waals surface area contributed by atoms with E-state index in [1.165, 1.54) is 0 Å². The maximum atomic E-state index is 12.2. The van der Waals surface area contributed by atoms with E-state index < -0.39 is 0 Å². The lowest BCUT2D eigenvalue weighted by Gasteiger charge is -2.28. The zero-order valence-corrected chi connectivity index (χ0v) is 12.7. The van der Waals surface area contributed by atoms with Crippen molar-refractivity contribution in [3.05, 3.63) is 35.9 Å². The van der Waals surface area contributed by atoms with Crippen LogP contribution in [-0.4, -0.2) is 36.5 Å². The molecular weight excluding hydrogens is 266 g/mol. The van der Waals surface area contributed by atoms with Crippen LogP contribution in [0.5, 0.6) is 0 Å². The van der Waals surface area contributed by atoms with Gasteiger partial charge in [0.25, 0.3) is 0 Å². The van der Waals surface area contributed by atoms with Crippen LogP contribution in [0.2, 0.25) is 0 Å². The number of rotatable bonds is 5. The third-order valence-corrected chi connectivity index (χ3v) is 4.04. The summed E-state index contributed by atoms with van der Waals surface area (Å²) in [6.07, 6.45) is 2.36. The highest BCUT2D eigenvalue weighted by atomic mass is 16.5. The second-order valence-electron chi connectivity index (χ2n) is 5.66. The summed E-state index contributed by atoms with van der Waals surface area (Å²) in [5.41, 5.74) is 1.16. The Hall–Kier alpha value is -1.84. The molecular formula is C17H23NO3. The molecule has 0 radical (unpaired) electrons. The highest BCUT2D eigenvalue weighted by Crippen LogP contribution is 2.20. The van der Waals surface area contributed by atoms with Crippen LogP contribution in [0, 0.1) is 5.92 Å². The predicted octanol–water partition coefficient (Wildman–Crippen LogP) is 2.42. The summed E-state index contributed by atoms with van der Waals surface area (Å²) in [6.45, 7) is 2.65. The van der Waals surface area contributed by atoms with E-state index in [1.54, 1.807) is 11.9 Å².